The van der Waals surface area contributed by atoms with Crippen molar-refractivity contribution in [1.29, 1.82) is 0 Å². The number of nitrogens with one attached hydrogen (secondary N) is 1. The molecule has 1 amide bonds. The lowest BCUT2D eigenvalue weighted by atomic mass is 10.1. The van der Waals surface area contributed by atoms with E-state index < -0.39 is 22.9 Å². The smallest absolute Gasteiger partial charge is 0.223 e. The minimum Gasteiger partial charge on any atom is -0.453 e. The molecule has 1 aromatic heterocycles. The third-order valence-electron chi connectivity index (χ3n) is 6.25. The number of carbonyl (C=O) groups is 1. The van der Waals surface area contributed by atoms with Gasteiger partial charge in [0.2, 0.25) is 5.91 Å². The number of halogens is 3. The number of amides is 1. The molecule has 0 unspecified atom stereocenters. The third-order valence-corrected chi connectivity index (χ3v) is 6.25. The Morgan fingerprint density at radius 1 is 1.00 bits per heavy atom. The molecule has 0 bridgehead atoms. The molecule has 5 nitrogen and oxygen atoms in total. The first-order valence-electron chi connectivity index (χ1n) is 12.5. The van der Waals surface area contributed by atoms with Gasteiger partial charge in [-0.3, -0.25) is 9.59 Å². The fourth-order valence-corrected chi connectivity index (χ4v) is 4.19. The summed E-state index contributed by atoms with van der Waals surface area (Å²) < 4.78 is 50.7. The highest BCUT2D eigenvalue weighted by atomic mass is 19.1. The molecule has 0 aliphatic rings. The maximum Gasteiger partial charge on any atom is 0.223 e. The molecule has 0 aliphatic heterocycles. The van der Waals surface area contributed by atoms with E-state index in [2.05, 4.69) is 5.32 Å². The molecular weight excluding hydrogens is 469 g/mol. The summed E-state index contributed by atoms with van der Waals surface area (Å²) in [5, 5.41) is 2.70. The van der Waals surface area contributed by atoms with Crippen molar-refractivity contribution in [2.75, 3.05) is 23.3 Å². The number of carbonyl (C=O) groups excluding carboxylic acids is 1. The average molecular weight is 503 g/mol. The summed E-state index contributed by atoms with van der Waals surface area (Å²) in [6.07, 6.45) is 5.26. The van der Waals surface area contributed by atoms with E-state index >= 15 is 8.78 Å². The number of rotatable bonds is 11. The Kier molecular flexibility index (Phi) is 9.18. The van der Waals surface area contributed by atoms with Gasteiger partial charge in [-0.15, -0.1) is 0 Å². The zero-order valence-corrected chi connectivity index (χ0v) is 21.3. The Morgan fingerprint density at radius 3 is 2.33 bits per heavy atom. The van der Waals surface area contributed by atoms with Crippen LogP contribution in [-0.4, -0.2) is 19.0 Å². The van der Waals surface area contributed by atoms with Crippen LogP contribution in [0.3, 0.4) is 0 Å². The van der Waals surface area contributed by atoms with Crippen LogP contribution in [0.5, 0.6) is 0 Å². The molecule has 0 radical (unpaired) electrons. The van der Waals surface area contributed by atoms with Crippen molar-refractivity contribution in [3.05, 3.63) is 57.5 Å². The second-order valence-corrected chi connectivity index (χ2v) is 8.98. The van der Waals surface area contributed by atoms with Crippen molar-refractivity contribution in [1.82, 2.24) is 0 Å². The van der Waals surface area contributed by atoms with Gasteiger partial charge in [0.25, 0.3) is 0 Å². The van der Waals surface area contributed by atoms with Gasteiger partial charge in [0, 0.05) is 37.2 Å². The number of anilines is 2. The molecule has 3 aromatic rings. The molecule has 1 heterocycles. The Bertz CT molecular complexity index is 1300. The Hall–Kier alpha value is -3.29. The summed E-state index contributed by atoms with van der Waals surface area (Å²) in [6.45, 7) is 7.53. The van der Waals surface area contributed by atoms with E-state index in [9.17, 15) is 14.0 Å². The SMILES string of the molecule is CCCCCNc1c(F)c(C)c(F)c2oc(-c3ccc(N(CCCCC)C(C)=O)c(F)c3)cc(=O)c12. The van der Waals surface area contributed by atoms with Crippen LogP contribution in [0.15, 0.2) is 33.5 Å². The summed E-state index contributed by atoms with van der Waals surface area (Å²) in [6, 6.07) is 5.20. The highest BCUT2D eigenvalue weighted by molar-refractivity contribution is 5.93. The normalized spacial score (nSPS) is 11.2. The maximum atomic E-state index is 15.1. The van der Waals surface area contributed by atoms with Crippen LogP contribution in [0.25, 0.3) is 22.3 Å². The Labute approximate surface area is 209 Å². The van der Waals surface area contributed by atoms with Crippen LogP contribution >= 0.6 is 0 Å². The van der Waals surface area contributed by atoms with Crippen molar-refractivity contribution < 1.29 is 22.4 Å². The first kappa shape index (κ1) is 27.3. The minimum absolute atomic E-state index is 0.0554. The first-order chi connectivity index (χ1) is 17.2. The topological polar surface area (TPSA) is 62.6 Å². The number of nitrogens with zero attached hydrogens (tertiary/aromatic N) is 1. The molecule has 8 heteroatoms. The highest BCUT2D eigenvalue weighted by Gasteiger charge is 2.23. The van der Waals surface area contributed by atoms with Gasteiger partial charge in [-0.1, -0.05) is 39.5 Å². The third kappa shape index (κ3) is 5.74. The number of fused-ring (bicyclic) bond motifs is 1. The van der Waals surface area contributed by atoms with E-state index in [0.717, 1.165) is 50.7 Å². The predicted molar refractivity (Wildman–Crippen MR) is 138 cm³/mol. The van der Waals surface area contributed by atoms with Crippen molar-refractivity contribution in [2.45, 2.75) is 66.2 Å². The van der Waals surface area contributed by atoms with E-state index in [4.69, 9.17) is 4.42 Å². The summed E-state index contributed by atoms with van der Waals surface area (Å²) in [5.74, 6) is -2.82. The lowest BCUT2D eigenvalue weighted by Gasteiger charge is -2.22. The fraction of sp³-hybridized carbons (Fsp3) is 0.429. The molecule has 0 aliphatic carbocycles. The number of hydrogen-bond acceptors (Lipinski definition) is 4. The van der Waals surface area contributed by atoms with Crippen LogP contribution in [0.1, 0.15) is 64.9 Å². The average Bonchev–Trinajstić information content (AvgIpc) is 2.85. The fourth-order valence-electron chi connectivity index (χ4n) is 4.19. The van der Waals surface area contributed by atoms with E-state index in [0.29, 0.717) is 13.1 Å². The van der Waals surface area contributed by atoms with Gasteiger partial charge in [-0.2, -0.15) is 0 Å². The molecule has 0 saturated carbocycles. The molecule has 36 heavy (non-hydrogen) atoms. The summed E-state index contributed by atoms with van der Waals surface area (Å²) in [5.41, 5.74) is -1.07. The number of hydrogen-bond donors (Lipinski definition) is 1. The largest absolute Gasteiger partial charge is 0.453 e. The van der Waals surface area contributed by atoms with E-state index in [1.807, 2.05) is 13.8 Å². The molecule has 0 saturated heterocycles. The van der Waals surface area contributed by atoms with Gasteiger partial charge in [0.05, 0.1) is 16.8 Å². The van der Waals surface area contributed by atoms with Gasteiger partial charge < -0.3 is 14.6 Å². The standard InChI is InChI=1S/C28H33F3N2O3/c1-5-7-9-13-32-27-24-22(35)16-23(36-28(24)26(31)17(3)25(27)30)19-11-12-21(20(29)15-19)33(18(4)34)14-10-8-6-2/h11-12,15-16,32H,5-10,13-14H2,1-4H3. The lowest BCUT2D eigenvalue weighted by Crippen LogP contribution is -2.30. The molecular formula is C28H33F3N2O3. The number of benzene rings is 2. The van der Waals surface area contributed by atoms with Gasteiger partial charge in [0.1, 0.15) is 11.6 Å². The van der Waals surface area contributed by atoms with Gasteiger partial charge in [-0.25, -0.2) is 13.2 Å². The molecule has 194 valence electrons. The molecule has 1 N–H and O–H groups in total. The summed E-state index contributed by atoms with van der Waals surface area (Å²) in [4.78, 5) is 26.5. The van der Waals surface area contributed by atoms with Crippen LogP contribution in [0, 0.1) is 24.4 Å². The first-order valence-corrected chi connectivity index (χ1v) is 12.5. The van der Waals surface area contributed by atoms with Crippen molar-refractivity contribution in [3.8, 4) is 11.3 Å². The number of unbranched alkanes of at least 4 members (excludes halogenated alkanes) is 4. The van der Waals surface area contributed by atoms with Crippen molar-refractivity contribution in [3.63, 3.8) is 0 Å². The molecule has 0 fully saturated rings. The van der Waals surface area contributed by atoms with E-state index in [1.165, 1.54) is 30.9 Å². The second kappa shape index (κ2) is 12.1. The predicted octanol–water partition coefficient (Wildman–Crippen LogP) is 7.33. The van der Waals surface area contributed by atoms with Gasteiger partial charge in [0.15, 0.2) is 22.6 Å². The molecule has 0 spiro atoms. The van der Waals surface area contributed by atoms with Gasteiger partial charge >= 0.3 is 0 Å². The lowest BCUT2D eigenvalue weighted by molar-refractivity contribution is -0.116. The zero-order valence-electron chi connectivity index (χ0n) is 21.3. The monoisotopic (exact) mass is 502 g/mol. The van der Waals surface area contributed by atoms with Crippen LogP contribution in [-0.2, 0) is 4.79 Å². The van der Waals surface area contributed by atoms with E-state index in [-0.39, 0.29) is 45.1 Å². The Balaban J connectivity index is 2.05. The van der Waals surface area contributed by atoms with E-state index in [1.54, 1.807) is 0 Å². The Morgan fingerprint density at radius 2 is 1.69 bits per heavy atom. The quantitative estimate of drug-likeness (QED) is 0.279. The molecule has 0 atom stereocenters. The van der Waals surface area contributed by atoms with Crippen molar-refractivity contribution in [2.24, 2.45) is 0 Å². The maximum absolute atomic E-state index is 15.1. The second-order valence-electron chi connectivity index (χ2n) is 8.98. The molecule has 2 aromatic carbocycles. The van der Waals surface area contributed by atoms with Crippen LogP contribution < -0.4 is 15.6 Å². The van der Waals surface area contributed by atoms with Crippen molar-refractivity contribution >= 4 is 28.3 Å². The molecule has 3 rings (SSSR count). The van der Waals surface area contributed by atoms with Gasteiger partial charge in [-0.05, 0) is 38.0 Å². The van der Waals surface area contributed by atoms with Crippen LogP contribution in [0.2, 0.25) is 0 Å². The zero-order chi connectivity index (χ0) is 26.4. The summed E-state index contributed by atoms with van der Waals surface area (Å²) >= 11 is 0. The van der Waals surface area contributed by atoms with Crippen LogP contribution in [0.4, 0.5) is 24.5 Å². The minimum atomic E-state index is -0.976. The summed E-state index contributed by atoms with van der Waals surface area (Å²) in [7, 11) is 0. The highest BCUT2D eigenvalue weighted by Crippen LogP contribution is 2.34.